The van der Waals surface area contributed by atoms with Crippen molar-refractivity contribution < 1.29 is 28.4 Å². The third-order valence-electron chi connectivity index (χ3n) is 6.45. The SMILES string of the molecule is CC(C)N(C(=O)CCCCCCSc1ccc(F)c2c1C(=O)N(C1CCC(=O)NC1=O)C2=O)C(C)C. The second-order valence-corrected chi connectivity index (χ2v) is 10.9. The number of halogens is 1. The lowest BCUT2D eigenvalue weighted by Crippen LogP contribution is -2.54. The fourth-order valence-corrected chi connectivity index (χ4v) is 5.93. The monoisotopic (exact) mass is 519 g/mol. The largest absolute Gasteiger partial charge is 0.338 e. The number of nitrogens with zero attached hydrogens (tertiary/aromatic N) is 2. The van der Waals surface area contributed by atoms with Crippen LogP contribution in [0.1, 0.15) is 93.4 Å². The van der Waals surface area contributed by atoms with Crippen LogP contribution < -0.4 is 5.32 Å². The minimum Gasteiger partial charge on any atom is -0.338 e. The van der Waals surface area contributed by atoms with E-state index in [4.69, 9.17) is 0 Å². The fourth-order valence-electron chi connectivity index (χ4n) is 4.86. The Balaban J connectivity index is 1.54. The average molecular weight is 520 g/mol. The minimum absolute atomic E-state index is 0.00642. The standard InChI is InChI=1S/C26H34FN3O5S/c1-15(2)29(16(3)4)21(32)9-7-5-6-8-14-36-19-12-10-17(27)22-23(19)26(35)30(25(22)34)18-11-13-20(31)28-24(18)33/h10,12,15-16,18H,5-9,11,13-14H2,1-4H3,(H,28,31,33). The summed E-state index contributed by atoms with van der Waals surface area (Å²) in [5.41, 5.74) is -0.323. The van der Waals surface area contributed by atoms with E-state index in [2.05, 4.69) is 5.32 Å². The zero-order valence-electron chi connectivity index (χ0n) is 21.3. The molecule has 0 saturated carbocycles. The molecule has 1 fully saturated rings. The quantitative estimate of drug-likeness (QED) is 0.270. The Bertz CT molecular complexity index is 1050. The number of imide groups is 2. The average Bonchev–Trinajstić information content (AvgIpc) is 3.05. The number of amides is 5. The van der Waals surface area contributed by atoms with Crippen molar-refractivity contribution in [2.24, 2.45) is 0 Å². The van der Waals surface area contributed by atoms with Crippen LogP contribution in [0.3, 0.4) is 0 Å². The first-order valence-electron chi connectivity index (χ1n) is 12.5. The zero-order chi connectivity index (χ0) is 26.6. The van der Waals surface area contributed by atoms with Gasteiger partial charge in [-0.05, 0) is 64.8 Å². The molecular weight excluding hydrogens is 485 g/mol. The second kappa shape index (κ2) is 12.0. The highest BCUT2D eigenvalue weighted by molar-refractivity contribution is 7.99. The summed E-state index contributed by atoms with van der Waals surface area (Å²) in [5, 5.41) is 2.14. The van der Waals surface area contributed by atoms with Gasteiger partial charge in [0, 0.05) is 29.8 Å². The molecule has 1 unspecified atom stereocenters. The van der Waals surface area contributed by atoms with Crippen molar-refractivity contribution in [3.8, 4) is 0 Å². The topological polar surface area (TPSA) is 104 Å². The molecule has 0 aromatic heterocycles. The van der Waals surface area contributed by atoms with Crippen LogP contribution in [0.5, 0.6) is 0 Å². The van der Waals surface area contributed by atoms with Gasteiger partial charge in [0.05, 0.1) is 11.1 Å². The van der Waals surface area contributed by atoms with Gasteiger partial charge >= 0.3 is 0 Å². The number of thioether (sulfide) groups is 1. The number of hydrogen-bond acceptors (Lipinski definition) is 6. The fraction of sp³-hybridized carbons (Fsp3) is 0.577. The van der Waals surface area contributed by atoms with E-state index < -0.39 is 35.5 Å². The lowest BCUT2D eigenvalue weighted by Gasteiger charge is -2.30. The lowest BCUT2D eigenvalue weighted by molar-refractivity contribution is -0.136. The highest BCUT2D eigenvalue weighted by Crippen LogP contribution is 2.36. The summed E-state index contributed by atoms with van der Waals surface area (Å²) in [7, 11) is 0. The van der Waals surface area contributed by atoms with Gasteiger partial charge in [-0.1, -0.05) is 12.8 Å². The molecule has 2 aliphatic heterocycles. The number of fused-ring (bicyclic) bond motifs is 1. The van der Waals surface area contributed by atoms with Crippen molar-refractivity contribution in [3.05, 3.63) is 29.1 Å². The molecule has 2 aliphatic rings. The van der Waals surface area contributed by atoms with Crippen molar-refractivity contribution in [1.29, 1.82) is 0 Å². The van der Waals surface area contributed by atoms with E-state index in [1.165, 1.54) is 23.9 Å². The smallest absolute Gasteiger partial charge is 0.265 e. The Morgan fingerprint density at radius 3 is 2.31 bits per heavy atom. The van der Waals surface area contributed by atoms with Gasteiger partial charge in [-0.25, -0.2) is 4.39 Å². The Morgan fingerprint density at radius 2 is 1.67 bits per heavy atom. The van der Waals surface area contributed by atoms with Gasteiger partial charge in [0.2, 0.25) is 17.7 Å². The van der Waals surface area contributed by atoms with Crippen LogP contribution in [0.4, 0.5) is 4.39 Å². The molecule has 196 valence electrons. The van der Waals surface area contributed by atoms with Gasteiger partial charge in [-0.2, -0.15) is 0 Å². The van der Waals surface area contributed by atoms with Gasteiger partial charge in [0.25, 0.3) is 11.8 Å². The highest BCUT2D eigenvalue weighted by atomic mass is 32.2. The highest BCUT2D eigenvalue weighted by Gasteiger charge is 2.47. The molecule has 0 bridgehead atoms. The normalized spacial score (nSPS) is 17.8. The van der Waals surface area contributed by atoms with Gasteiger partial charge < -0.3 is 4.90 Å². The van der Waals surface area contributed by atoms with Crippen molar-refractivity contribution in [3.63, 3.8) is 0 Å². The number of carbonyl (C=O) groups excluding carboxylic acids is 5. The van der Waals surface area contributed by atoms with Crippen LogP contribution in [-0.4, -0.2) is 63.2 Å². The van der Waals surface area contributed by atoms with Crippen LogP contribution in [0.2, 0.25) is 0 Å². The van der Waals surface area contributed by atoms with Crippen molar-refractivity contribution in [2.75, 3.05) is 5.75 Å². The second-order valence-electron chi connectivity index (χ2n) is 9.74. The molecule has 0 spiro atoms. The predicted molar refractivity (Wildman–Crippen MR) is 134 cm³/mol. The van der Waals surface area contributed by atoms with Crippen molar-refractivity contribution in [2.45, 2.75) is 95.7 Å². The molecule has 10 heteroatoms. The molecule has 36 heavy (non-hydrogen) atoms. The molecule has 1 atom stereocenters. The Labute approximate surface area is 215 Å². The molecule has 3 rings (SSSR count). The Morgan fingerprint density at radius 1 is 1.03 bits per heavy atom. The molecule has 2 heterocycles. The maximum absolute atomic E-state index is 14.5. The van der Waals surface area contributed by atoms with Crippen LogP contribution in [-0.2, 0) is 14.4 Å². The first kappa shape index (κ1) is 27.8. The van der Waals surface area contributed by atoms with E-state index in [1.54, 1.807) is 0 Å². The lowest BCUT2D eigenvalue weighted by atomic mass is 10.0. The number of hydrogen-bond donors (Lipinski definition) is 1. The van der Waals surface area contributed by atoms with E-state index in [0.717, 1.165) is 30.6 Å². The van der Waals surface area contributed by atoms with E-state index in [0.29, 0.717) is 17.1 Å². The Kier molecular flexibility index (Phi) is 9.27. The summed E-state index contributed by atoms with van der Waals surface area (Å²) >= 11 is 1.37. The van der Waals surface area contributed by atoms with E-state index >= 15 is 0 Å². The molecule has 8 nitrogen and oxygen atoms in total. The van der Waals surface area contributed by atoms with Gasteiger partial charge in [0.1, 0.15) is 11.9 Å². The first-order valence-corrected chi connectivity index (χ1v) is 13.5. The minimum atomic E-state index is -1.13. The molecular formula is C26H34FN3O5S. The van der Waals surface area contributed by atoms with Gasteiger partial charge in [-0.15, -0.1) is 11.8 Å². The molecule has 1 N–H and O–H groups in total. The van der Waals surface area contributed by atoms with E-state index in [-0.39, 0.29) is 42.0 Å². The summed E-state index contributed by atoms with van der Waals surface area (Å²) in [5.74, 6) is -2.70. The van der Waals surface area contributed by atoms with Crippen molar-refractivity contribution >= 4 is 41.3 Å². The van der Waals surface area contributed by atoms with Crippen LogP contribution in [0.15, 0.2) is 17.0 Å². The molecule has 5 amide bonds. The summed E-state index contributed by atoms with van der Waals surface area (Å²) in [6, 6.07) is 1.88. The summed E-state index contributed by atoms with van der Waals surface area (Å²) in [6.45, 7) is 8.07. The van der Waals surface area contributed by atoms with E-state index in [1.807, 2.05) is 32.6 Å². The maximum Gasteiger partial charge on any atom is 0.265 e. The molecule has 1 aromatic carbocycles. The van der Waals surface area contributed by atoms with Crippen LogP contribution in [0, 0.1) is 5.82 Å². The summed E-state index contributed by atoms with van der Waals surface area (Å²) in [4.78, 5) is 65.4. The molecule has 0 aliphatic carbocycles. The molecule has 1 aromatic rings. The van der Waals surface area contributed by atoms with Gasteiger partial charge in [0.15, 0.2) is 0 Å². The summed E-state index contributed by atoms with van der Waals surface area (Å²) < 4.78 is 14.5. The Hall–Kier alpha value is -2.75. The third kappa shape index (κ3) is 5.96. The maximum atomic E-state index is 14.5. The molecule has 0 radical (unpaired) electrons. The number of nitrogens with one attached hydrogen (secondary N) is 1. The number of benzene rings is 1. The molecule has 1 saturated heterocycles. The summed E-state index contributed by atoms with van der Waals surface area (Å²) in [6.07, 6.45) is 3.99. The predicted octanol–water partition coefficient (Wildman–Crippen LogP) is 3.91. The van der Waals surface area contributed by atoms with Crippen LogP contribution in [0.25, 0.3) is 0 Å². The number of piperidine rings is 1. The van der Waals surface area contributed by atoms with Gasteiger partial charge in [-0.3, -0.25) is 34.2 Å². The number of carbonyl (C=O) groups is 5. The third-order valence-corrected chi connectivity index (χ3v) is 7.59. The first-order chi connectivity index (χ1) is 17.0. The van der Waals surface area contributed by atoms with E-state index in [9.17, 15) is 28.4 Å². The van der Waals surface area contributed by atoms with Crippen molar-refractivity contribution in [1.82, 2.24) is 15.1 Å². The number of rotatable bonds is 11. The number of unbranched alkanes of at least 4 members (excludes halogenated alkanes) is 3. The van der Waals surface area contributed by atoms with Crippen LogP contribution >= 0.6 is 11.8 Å². The zero-order valence-corrected chi connectivity index (χ0v) is 22.1.